The summed E-state index contributed by atoms with van der Waals surface area (Å²) in [6.07, 6.45) is 0. The Labute approximate surface area is 95.1 Å². The van der Waals surface area contributed by atoms with Crippen molar-refractivity contribution in [3.8, 4) is 11.8 Å². The highest BCUT2D eigenvalue weighted by Gasteiger charge is 2.07. The van der Waals surface area contributed by atoms with Crippen LogP contribution in [0.4, 0.5) is 5.69 Å². The Morgan fingerprint density at radius 2 is 2.00 bits per heavy atom. The first-order chi connectivity index (χ1) is 7.26. The molecule has 82 valence electrons. The minimum Gasteiger partial charge on any atom is -0.495 e. The van der Waals surface area contributed by atoms with Crippen LogP contribution in [0.3, 0.4) is 0 Å². The van der Waals surface area contributed by atoms with E-state index in [0.717, 1.165) is 10.8 Å². The van der Waals surface area contributed by atoms with Crippen LogP contribution in [0.15, 0.2) is 30.3 Å². The Bertz CT molecular complexity index is 556. The summed E-state index contributed by atoms with van der Waals surface area (Å²) in [4.78, 5) is 0. The number of rotatable bonds is 1. The van der Waals surface area contributed by atoms with E-state index in [9.17, 15) is 0 Å². The fourth-order valence-corrected chi connectivity index (χ4v) is 1.63. The zero-order valence-electron chi connectivity index (χ0n) is 8.32. The van der Waals surface area contributed by atoms with Gasteiger partial charge in [-0.15, -0.1) is 0 Å². The number of nitrogen functional groups attached to an aromatic ring is 1. The largest absolute Gasteiger partial charge is 0.495 e. The van der Waals surface area contributed by atoms with E-state index < -0.39 is 0 Å². The van der Waals surface area contributed by atoms with Gasteiger partial charge in [-0.05, 0) is 29.7 Å². The number of ether oxygens (including phenoxy) is 1. The van der Waals surface area contributed by atoms with Gasteiger partial charge in [0.25, 0.3) is 0 Å². The predicted molar refractivity (Wildman–Crippen MR) is 66.4 cm³/mol. The van der Waals surface area contributed by atoms with E-state index in [1.807, 2.05) is 18.2 Å². The molecule has 0 heterocycles. The minimum absolute atomic E-state index is 0. The summed E-state index contributed by atoms with van der Waals surface area (Å²) >= 11 is 0. The highest BCUT2D eigenvalue weighted by molar-refractivity contribution is 5.92. The number of nitrogens with zero attached hydrogens (tertiary/aromatic N) is 1. The topological polar surface area (TPSA) is 59.0 Å². The number of benzene rings is 2. The Balaban J connectivity index is 0.00000128. The molecule has 0 bridgehead atoms. The first kappa shape index (κ1) is 11.9. The second kappa shape index (κ2) is 4.54. The standard InChI is InChI=1S/C12H10N2O.CH4/c1-15-12-9(7-13)3-2-8-6-10(14)4-5-11(8)12;/h2-6H,14H2,1H3;1H4. The molecule has 2 aromatic rings. The van der Waals surface area contributed by atoms with Gasteiger partial charge in [0, 0.05) is 11.1 Å². The molecule has 3 nitrogen and oxygen atoms in total. The SMILES string of the molecule is C.COc1c(C#N)ccc2cc(N)ccc12. The van der Waals surface area contributed by atoms with Gasteiger partial charge >= 0.3 is 0 Å². The fraction of sp³-hybridized carbons (Fsp3) is 0.154. The van der Waals surface area contributed by atoms with Crippen LogP contribution >= 0.6 is 0 Å². The van der Waals surface area contributed by atoms with Crippen molar-refractivity contribution >= 4 is 16.5 Å². The van der Waals surface area contributed by atoms with Crippen molar-refractivity contribution < 1.29 is 4.74 Å². The highest BCUT2D eigenvalue weighted by Crippen LogP contribution is 2.30. The molecule has 16 heavy (non-hydrogen) atoms. The summed E-state index contributed by atoms with van der Waals surface area (Å²) < 4.78 is 5.23. The molecule has 0 atom stereocenters. The number of hydrogen-bond acceptors (Lipinski definition) is 3. The maximum Gasteiger partial charge on any atom is 0.144 e. The van der Waals surface area contributed by atoms with Crippen LogP contribution in [0.2, 0.25) is 0 Å². The van der Waals surface area contributed by atoms with E-state index in [1.165, 1.54) is 0 Å². The van der Waals surface area contributed by atoms with Crippen LogP contribution < -0.4 is 10.5 Å². The number of fused-ring (bicyclic) bond motifs is 1. The lowest BCUT2D eigenvalue weighted by Gasteiger charge is -2.07. The molecule has 3 heteroatoms. The van der Waals surface area contributed by atoms with Crippen LogP contribution in [-0.2, 0) is 0 Å². The van der Waals surface area contributed by atoms with Crippen molar-refractivity contribution in [1.82, 2.24) is 0 Å². The van der Waals surface area contributed by atoms with E-state index in [4.69, 9.17) is 15.7 Å². The lowest BCUT2D eigenvalue weighted by Crippen LogP contribution is -1.91. The van der Waals surface area contributed by atoms with Crippen LogP contribution in [0.5, 0.6) is 5.75 Å². The lowest BCUT2D eigenvalue weighted by atomic mass is 10.1. The zero-order valence-corrected chi connectivity index (χ0v) is 8.32. The number of anilines is 1. The second-order valence-electron chi connectivity index (χ2n) is 3.24. The maximum absolute atomic E-state index is 8.91. The van der Waals surface area contributed by atoms with Gasteiger partial charge in [0.2, 0.25) is 0 Å². The molecule has 0 fully saturated rings. The molecule has 0 aliphatic rings. The summed E-state index contributed by atoms with van der Waals surface area (Å²) in [6.45, 7) is 0. The molecule has 0 saturated carbocycles. The number of nitriles is 1. The zero-order chi connectivity index (χ0) is 10.8. The summed E-state index contributed by atoms with van der Waals surface area (Å²) in [7, 11) is 1.56. The summed E-state index contributed by atoms with van der Waals surface area (Å²) in [5, 5.41) is 10.8. The quantitative estimate of drug-likeness (QED) is 0.742. The monoisotopic (exact) mass is 214 g/mol. The molecular weight excluding hydrogens is 200 g/mol. The van der Waals surface area contributed by atoms with Gasteiger partial charge in [-0.1, -0.05) is 13.5 Å². The number of nitrogens with two attached hydrogens (primary N) is 1. The predicted octanol–water partition coefficient (Wildman–Crippen LogP) is 2.94. The molecule has 0 saturated heterocycles. The lowest BCUT2D eigenvalue weighted by molar-refractivity contribution is 0.418. The molecule has 0 radical (unpaired) electrons. The van der Waals surface area contributed by atoms with Crippen LogP contribution in [0.25, 0.3) is 10.8 Å². The smallest absolute Gasteiger partial charge is 0.144 e. The maximum atomic E-state index is 8.91. The van der Waals surface area contributed by atoms with E-state index >= 15 is 0 Å². The Hall–Kier alpha value is -2.21. The van der Waals surface area contributed by atoms with Crippen molar-refractivity contribution in [2.24, 2.45) is 0 Å². The highest BCUT2D eigenvalue weighted by atomic mass is 16.5. The molecule has 0 spiro atoms. The van der Waals surface area contributed by atoms with E-state index in [1.54, 1.807) is 19.2 Å². The van der Waals surface area contributed by atoms with Crippen LogP contribution in [0, 0.1) is 11.3 Å². The average molecular weight is 214 g/mol. The van der Waals surface area contributed by atoms with E-state index in [0.29, 0.717) is 17.0 Å². The molecule has 0 aliphatic heterocycles. The van der Waals surface area contributed by atoms with E-state index in [2.05, 4.69) is 6.07 Å². The Morgan fingerprint density at radius 1 is 1.25 bits per heavy atom. The number of methoxy groups -OCH3 is 1. The molecule has 0 amide bonds. The molecule has 2 rings (SSSR count). The van der Waals surface area contributed by atoms with Gasteiger partial charge < -0.3 is 10.5 Å². The third kappa shape index (κ3) is 1.78. The molecule has 2 N–H and O–H groups in total. The number of hydrogen-bond donors (Lipinski definition) is 1. The first-order valence-corrected chi connectivity index (χ1v) is 4.52. The van der Waals surface area contributed by atoms with Gasteiger partial charge in [-0.2, -0.15) is 5.26 Å². The molecule has 2 aromatic carbocycles. The third-order valence-electron chi connectivity index (χ3n) is 2.32. The first-order valence-electron chi connectivity index (χ1n) is 4.52. The molecule has 0 aliphatic carbocycles. The van der Waals surface area contributed by atoms with Crippen LogP contribution in [-0.4, -0.2) is 7.11 Å². The van der Waals surface area contributed by atoms with E-state index in [-0.39, 0.29) is 7.43 Å². The van der Waals surface area contributed by atoms with Crippen molar-refractivity contribution in [1.29, 1.82) is 5.26 Å². The molecule has 0 unspecified atom stereocenters. The third-order valence-corrected chi connectivity index (χ3v) is 2.32. The molecule has 0 aromatic heterocycles. The summed E-state index contributed by atoms with van der Waals surface area (Å²) in [5.41, 5.74) is 6.92. The van der Waals surface area contributed by atoms with Crippen molar-refractivity contribution in [3.63, 3.8) is 0 Å². The second-order valence-corrected chi connectivity index (χ2v) is 3.24. The normalized spacial score (nSPS) is 9.25. The van der Waals surface area contributed by atoms with Gasteiger partial charge in [0.05, 0.1) is 12.7 Å². The van der Waals surface area contributed by atoms with Gasteiger partial charge in [-0.3, -0.25) is 0 Å². The molecular formula is C13H14N2O. The Morgan fingerprint density at radius 3 is 2.62 bits per heavy atom. The van der Waals surface area contributed by atoms with Crippen molar-refractivity contribution in [3.05, 3.63) is 35.9 Å². The fourth-order valence-electron chi connectivity index (χ4n) is 1.63. The van der Waals surface area contributed by atoms with Gasteiger partial charge in [-0.25, -0.2) is 0 Å². The van der Waals surface area contributed by atoms with Gasteiger partial charge in [0.15, 0.2) is 0 Å². The van der Waals surface area contributed by atoms with Gasteiger partial charge in [0.1, 0.15) is 11.8 Å². The summed E-state index contributed by atoms with van der Waals surface area (Å²) in [6, 6.07) is 11.2. The van der Waals surface area contributed by atoms with Crippen molar-refractivity contribution in [2.75, 3.05) is 12.8 Å². The summed E-state index contributed by atoms with van der Waals surface area (Å²) in [5.74, 6) is 0.606. The average Bonchev–Trinajstić information content (AvgIpc) is 2.27. The minimum atomic E-state index is 0. The van der Waals surface area contributed by atoms with Crippen molar-refractivity contribution in [2.45, 2.75) is 7.43 Å². The Kier molecular flexibility index (Phi) is 3.37. The van der Waals surface area contributed by atoms with Crippen LogP contribution in [0.1, 0.15) is 13.0 Å².